The highest BCUT2D eigenvalue weighted by molar-refractivity contribution is 5.80. The first kappa shape index (κ1) is 14.8. The number of hydrogen-bond acceptors (Lipinski definition) is 5. The van der Waals surface area contributed by atoms with Crippen LogP contribution in [0.3, 0.4) is 0 Å². The summed E-state index contributed by atoms with van der Waals surface area (Å²) in [4.78, 5) is 34.6. The van der Waals surface area contributed by atoms with E-state index in [4.69, 9.17) is 9.15 Å². The van der Waals surface area contributed by atoms with Crippen molar-refractivity contribution < 1.29 is 18.7 Å². The maximum atomic E-state index is 11.8. The number of fused-ring (bicyclic) bond motifs is 1. The standard InChI is InChI=1S/C14H16N2O5/c1-2-20-13(18)7-8-15-12(17)9-16-10-5-3-4-6-11(10)21-14(16)19/h3-6H,2,7-9H2,1H3,(H,15,17). The minimum atomic E-state index is -0.586. The Labute approximate surface area is 120 Å². The van der Waals surface area contributed by atoms with Crippen LogP contribution in [-0.2, 0) is 20.9 Å². The zero-order chi connectivity index (χ0) is 15.2. The summed E-state index contributed by atoms with van der Waals surface area (Å²) in [6, 6.07) is 6.86. The van der Waals surface area contributed by atoms with E-state index in [0.717, 1.165) is 0 Å². The lowest BCUT2D eigenvalue weighted by atomic mass is 10.3. The first-order valence-electron chi connectivity index (χ1n) is 6.62. The van der Waals surface area contributed by atoms with Crippen LogP contribution in [0.2, 0.25) is 0 Å². The van der Waals surface area contributed by atoms with Gasteiger partial charge in [0.2, 0.25) is 5.91 Å². The maximum absolute atomic E-state index is 11.8. The second-order valence-electron chi connectivity index (χ2n) is 4.33. The van der Waals surface area contributed by atoms with Gasteiger partial charge in [0.1, 0.15) is 6.54 Å². The van der Waals surface area contributed by atoms with E-state index in [1.165, 1.54) is 4.57 Å². The Hall–Kier alpha value is -2.57. The van der Waals surface area contributed by atoms with E-state index in [0.29, 0.717) is 17.7 Å². The van der Waals surface area contributed by atoms with Crippen LogP contribution in [-0.4, -0.2) is 29.6 Å². The van der Waals surface area contributed by atoms with Crippen molar-refractivity contribution in [2.24, 2.45) is 0 Å². The van der Waals surface area contributed by atoms with E-state index in [9.17, 15) is 14.4 Å². The lowest BCUT2D eigenvalue weighted by Crippen LogP contribution is -2.32. The van der Waals surface area contributed by atoms with Crippen molar-refractivity contribution in [2.75, 3.05) is 13.2 Å². The molecule has 21 heavy (non-hydrogen) atoms. The van der Waals surface area contributed by atoms with Crippen LogP contribution in [0.5, 0.6) is 0 Å². The molecule has 1 aromatic heterocycles. The van der Waals surface area contributed by atoms with Gasteiger partial charge < -0.3 is 14.5 Å². The zero-order valence-electron chi connectivity index (χ0n) is 11.6. The molecule has 1 aromatic carbocycles. The summed E-state index contributed by atoms with van der Waals surface area (Å²) in [5.41, 5.74) is 0.991. The summed E-state index contributed by atoms with van der Waals surface area (Å²) in [6.45, 7) is 2.04. The van der Waals surface area contributed by atoms with Crippen LogP contribution < -0.4 is 11.1 Å². The summed E-state index contributed by atoms with van der Waals surface area (Å²) in [5, 5.41) is 2.56. The summed E-state index contributed by atoms with van der Waals surface area (Å²) in [7, 11) is 0. The van der Waals surface area contributed by atoms with Gasteiger partial charge in [-0.15, -0.1) is 0 Å². The Morgan fingerprint density at radius 2 is 2.10 bits per heavy atom. The third kappa shape index (κ3) is 3.71. The zero-order valence-corrected chi connectivity index (χ0v) is 11.6. The third-order valence-electron chi connectivity index (χ3n) is 2.83. The number of para-hydroxylation sites is 2. The fourth-order valence-corrected chi connectivity index (χ4v) is 1.90. The number of nitrogens with one attached hydrogen (secondary N) is 1. The summed E-state index contributed by atoms with van der Waals surface area (Å²) >= 11 is 0. The number of amides is 1. The molecule has 0 spiro atoms. The monoisotopic (exact) mass is 292 g/mol. The highest BCUT2D eigenvalue weighted by Gasteiger charge is 2.12. The molecule has 1 heterocycles. The molecular formula is C14H16N2O5. The van der Waals surface area contributed by atoms with Gasteiger partial charge in [0.25, 0.3) is 0 Å². The number of esters is 1. The van der Waals surface area contributed by atoms with Crippen molar-refractivity contribution in [1.29, 1.82) is 0 Å². The summed E-state index contributed by atoms with van der Waals surface area (Å²) < 4.78 is 11.0. The highest BCUT2D eigenvalue weighted by atomic mass is 16.5. The van der Waals surface area contributed by atoms with E-state index < -0.39 is 5.76 Å². The number of carbonyl (C=O) groups is 2. The number of oxazole rings is 1. The maximum Gasteiger partial charge on any atom is 0.420 e. The Bertz CT molecular complexity index is 701. The molecule has 0 aliphatic heterocycles. The van der Waals surface area contributed by atoms with E-state index >= 15 is 0 Å². The molecule has 0 atom stereocenters. The van der Waals surface area contributed by atoms with Gasteiger partial charge in [0.05, 0.1) is 18.5 Å². The molecule has 2 rings (SSSR count). The molecule has 1 N–H and O–H groups in total. The van der Waals surface area contributed by atoms with E-state index in [2.05, 4.69) is 5.32 Å². The normalized spacial score (nSPS) is 10.5. The minimum absolute atomic E-state index is 0.0978. The first-order chi connectivity index (χ1) is 10.1. The number of hydrogen-bond donors (Lipinski definition) is 1. The molecule has 0 saturated heterocycles. The topological polar surface area (TPSA) is 90.5 Å². The fraction of sp³-hybridized carbons (Fsp3) is 0.357. The molecule has 1 amide bonds. The number of aromatic nitrogens is 1. The molecule has 2 aromatic rings. The van der Waals surface area contributed by atoms with Crippen LogP contribution in [0, 0.1) is 0 Å². The Morgan fingerprint density at radius 3 is 2.86 bits per heavy atom. The van der Waals surface area contributed by atoms with Gasteiger partial charge in [-0.1, -0.05) is 12.1 Å². The molecule has 0 saturated carbocycles. The molecule has 7 nitrogen and oxygen atoms in total. The van der Waals surface area contributed by atoms with E-state index in [-0.39, 0.29) is 31.4 Å². The summed E-state index contributed by atoms with van der Waals surface area (Å²) in [6.07, 6.45) is 0.0978. The molecule has 0 unspecified atom stereocenters. The smallest absolute Gasteiger partial charge is 0.420 e. The molecule has 112 valence electrons. The van der Waals surface area contributed by atoms with E-state index in [1.54, 1.807) is 31.2 Å². The van der Waals surface area contributed by atoms with Crippen molar-refractivity contribution in [3.63, 3.8) is 0 Å². The molecule has 0 radical (unpaired) electrons. The van der Waals surface area contributed by atoms with Crippen molar-refractivity contribution in [1.82, 2.24) is 9.88 Å². The predicted octanol–water partition coefficient (Wildman–Crippen LogP) is 0.664. The summed E-state index contributed by atoms with van der Waals surface area (Å²) in [5.74, 6) is -1.33. The SMILES string of the molecule is CCOC(=O)CCNC(=O)Cn1c(=O)oc2ccccc21. The Kier molecular flexibility index (Phi) is 4.76. The average Bonchev–Trinajstić information content (AvgIpc) is 2.76. The second-order valence-corrected chi connectivity index (χ2v) is 4.33. The lowest BCUT2D eigenvalue weighted by molar-refractivity contribution is -0.143. The first-order valence-corrected chi connectivity index (χ1v) is 6.62. The largest absolute Gasteiger partial charge is 0.466 e. The number of ether oxygens (including phenoxy) is 1. The molecule has 0 aliphatic rings. The number of benzene rings is 1. The van der Waals surface area contributed by atoms with Gasteiger partial charge in [-0.2, -0.15) is 0 Å². The van der Waals surface area contributed by atoms with Crippen molar-refractivity contribution in [3.05, 3.63) is 34.8 Å². The number of nitrogens with zero attached hydrogens (tertiary/aromatic N) is 1. The third-order valence-corrected chi connectivity index (χ3v) is 2.83. The van der Waals surface area contributed by atoms with Gasteiger partial charge in [0, 0.05) is 6.54 Å². The van der Waals surface area contributed by atoms with Gasteiger partial charge in [-0.25, -0.2) is 4.79 Å². The molecule has 0 bridgehead atoms. The van der Waals surface area contributed by atoms with Crippen molar-refractivity contribution in [3.8, 4) is 0 Å². The van der Waals surface area contributed by atoms with Crippen LogP contribution in [0.4, 0.5) is 0 Å². The van der Waals surface area contributed by atoms with Crippen LogP contribution in [0.1, 0.15) is 13.3 Å². The molecule has 0 aliphatic carbocycles. The van der Waals surface area contributed by atoms with Gasteiger partial charge in [-0.3, -0.25) is 14.2 Å². The molecule has 0 fully saturated rings. The number of carbonyl (C=O) groups excluding carboxylic acids is 2. The lowest BCUT2D eigenvalue weighted by Gasteiger charge is -2.05. The average molecular weight is 292 g/mol. The van der Waals surface area contributed by atoms with Gasteiger partial charge in [-0.05, 0) is 19.1 Å². The molecular weight excluding hydrogens is 276 g/mol. The fourth-order valence-electron chi connectivity index (χ4n) is 1.90. The molecule has 7 heteroatoms. The quantitative estimate of drug-likeness (QED) is 0.790. The van der Waals surface area contributed by atoms with Crippen molar-refractivity contribution in [2.45, 2.75) is 19.9 Å². The van der Waals surface area contributed by atoms with Crippen LogP contribution in [0.25, 0.3) is 11.1 Å². The Balaban J connectivity index is 1.94. The number of rotatable bonds is 6. The second kappa shape index (κ2) is 6.74. The van der Waals surface area contributed by atoms with Crippen LogP contribution in [0.15, 0.2) is 33.5 Å². The van der Waals surface area contributed by atoms with E-state index in [1.807, 2.05) is 0 Å². The predicted molar refractivity (Wildman–Crippen MR) is 74.7 cm³/mol. The van der Waals surface area contributed by atoms with Gasteiger partial charge in [0.15, 0.2) is 5.58 Å². The Morgan fingerprint density at radius 1 is 1.33 bits per heavy atom. The minimum Gasteiger partial charge on any atom is -0.466 e. The van der Waals surface area contributed by atoms with Crippen molar-refractivity contribution >= 4 is 23.0 Å². The van der Waals surface area contributed by atoms with Crippen LogP contribution >= 0.6 is 0 Å². The highest BCUT2D eigenvalue weighted by Crippen LogP contribution is 2.11. The van der Waals surface area contributed by atoms with Gasteiger partial charge >= 0.3 is 11.7 Å².